The minimum atomic E-state index is 0.683. The Hall–Kier alpha value is -0.960. The van der Waals surface area contributed by atoms with E-state index in [4.69, 9.17) is 0 Å². The molecule has 74 valence electrons. The van der Waals surface area contributed by atoms with Crippen molar-refractivity contribution < 1.29 is 0 Å². The zero-order valence-electron chi connectivity index (χ0n) is 8.24. The van der Waals surface area contributed by atoms with Gasteiger partial charge in [-0.15, -0.1) is 0 Å². The molecule has 1 N–H and O–H groups in total. The summed E-state index contributed by atoms with van der Waals surface area (Å²) in [4.78, 5) is 8.47. The van der Waals surface area contributed by atoms with Crippen LogP contribution in [0, 0.1) is 5.92 Å². The van der Waals surface area contributed by atoms with Crippen molar-refractivity contribution in [2.24, 2.45) is 5.92 Å². The lowest BCUT2D eigenvalue weighted by Gasteiger charge is -2.36. The van der Waals surface area contributed by atoms with Crippen molar-refractivity contribution in [3.63, 3.8) is 0 Å². The minimum Gasteiger partial charge on any atom is -0.313 e. The Balaban J connectivity index is 1.91. The summed E-state index contributed by atoms with van der Waals surface area (Å²) in [6.45, 7) is 1.18. The Bertz CT molecular complexity index is 304. The maximum Gasteiger partial charge on any atom is 0.115 e. The number of rotatable bonds is 0. The Kier molecular flexibility index (Phi) is 1.98. The molecule has 0 bridgehead atoms. The summed E-state index contributed by atoms with van der Waals surface area (Å²) >= 11 is 0. The van der Waals surface area contributed by atoms with Gasteiger partial charge in [0.25, 0.3) is 0 Å². The molecule has 14 heavy (non-hydrogen) atoms. The normalized spacial score (nSPS) is 30.6. The van der Waals surface area contributed by atoms with E-state index in [1.54, 1.807) is 6.33 Å². The van der Waals surface area contributed by atoms with Crippen LogP contribution in [0.4, 0.5) is 0 Å². The van der Waals surface area contributed by atoms with E-state index in [-0.39, 0.29) is 0 Å². The maximum absolute atomic E-state index is 4.37. The summed E-state index contributed by atoms with van der Waals surface area (Å²) in [5.41, 5.74) is 2.63. The van der Waals surface area contributed by atoms with E-state index in [0.717, 1.165) is 18.8 Å². The van der Waals surface area contributed by atoms with Gasteiger partial charge in [0.05, 0.1) is 0 Å². The summed E-state index contributed by atoms with van der Waals surface area (Å²) in [5, 5.41) is 3.61. The molecule has 1 aromatic rings. The van der Waals surface area contributed by atoms with Crippen molar-refractivity contribution in [3.05, 3.63) is 23.8 Å². The van der Waals surface area contributed by atoms with Crippen LogP contribution in [0.5, 0.6) is 0 Å². The van der Waals surface area contributed by atoms with Gasteiger partial charge in [-0.25, -0.2) is 9.97 Å². The number of fused-ring (bicyclic) bond motifs is 2. The van der Waals surface area contributed by atoms with Gasteiger partial charge in [-0.2, -0.15) is 0 Å². The SMILES string of the molecule is c1ncc2c(n1)C[C@@H]1CCCN[C@H]1C2. The van der Waals surface area contributed by atoms with Crippen LogP contribution in [0.2, 0.25) is 0 Å². The first-order chi connectivity index (χ1) is 6.93. The fourth-order valence-corrected chi connectivity index (χ4v) is 2.73. The third kappa shape index (κ3) is 1.32. The van der Waals surface area contributed by atoms with Crippen LogP contribution in [0.1, 0.15) is 24.1 Å². The largest absolute Gasteiger partial charge is 0.313 e. The summed E-state index contributed by atoms with van der Waals surface area (Å²) in [5.74, 6) is 0.811. The van der Waals surface area contributed by atoms with Crippen LogP contribution in [0.3, 0.4) is 0 Å². The van der Waals surface area contributed by atoms with Crippen LogP contribution in [-0.2, 0) is 12.8 Å². The van der Waals surface area contributed by atoms with Crippen molar-refractivity contribution >= 4 is 0 Å². The van der Waals surface area contributed by atoms with Gasteiger partial charge in [-0.1, -0.05) is 0 Å². The molecule has 3 rings (SSSR count). The highest BCUT2D eigenvalue weighted by Crippen LogP contribution is 2.29. The average molecular weight is 189 g/mol. The van der Waals surface area contributed by atoms with Crippen molar-refractivity contribution in [3.8, 4) is 0 Å². The molecule has 1 aliphatic heterocycles. The van der Waals surface area contributed by atoms with Gasteiger partial charge in [0, 0.05) is 17.9 Å². The molecule has 2 aliphatic rings. The predicted molar refractivity (Wildman–Crippen MR) is 54.0 cm³/mol. The maximum atomic E-state index is 4.37. The van der Waals surface area contributed by atoms with E-state index < -0.39 is 0 Å². The van der Waals surface area contributed by atoms with Gasteiger partial charge < -0.3 is 5.32 Å². The number of piperidine rings is 1. The van der Waals surface area contributed by atoms with Gasteiger partial charge in [0.1, 0.15) is 6.33 Å². The van der Waals surface area contributed by atoms with Crippen LogP contribution in [-0.4, -0.2) is 22.6 Å². The fourth-order valence-electron chi connectivity index (χ4n) is 2.73. The van der Waals surface area contributed by atoms with Crippen molar-refractivity contribution in [2.45, 2.75) is 31.7 Å². The standard InChI is InChI=1S/C11H15N3/c1-2-8-4-11-9(6-12-7-14-11)5-10(8)13-3-1/h6-8,10,13H,1-5H2/t8-,10-/m0/s1. The first-order valence-corrected chi connectivity index (χ1v) is 5.44. The van der Waals surface area contributed by atoms with Gasteiger partial charge in [-0.05, 0) is 43.7 Å². The fraction of sp³-hybridized carbons (Fsp3) is 0.636. The van der Waals surface area contributed by atoms with E-state index in [2.05, 4.69) is 15.3 Å². The zero-order chi connectivity index (χ0) is 9.38. The van der Waals surface area contributed by atoms with Crippen LogP contribution in [0.25, 0.3) is 0 Å². The summed E-state index contributed by atoms with van der Waals surface area (Å²) in [6.07, 6.45) is 8.61. The molecule has 1 saturated heterocycles. The quantitative estimate of drug-likeness (QED) is 0.660. The van der Waals surface area contributed by atoms with E-state index >= 15 is 0 Å². The predicted octanol–water partition coefficient (Wildman–Crippen LogP) is 0.943. The molecule has 0 amide bonds. The van der Waals surface area contributed by atoms with Gasteiger partial charge >= 0.3 is 0 Å². The molecule has 0 unspecified atom stereocenters. The van der Waals surface area contributed by atoms with Gasteiger partial charge in [-0.3, -0.25) is 0 Å². The molecule has 1 aromatic heterocycles. The molecule has 0 saturated carbocycles. The Morgan fingerprint density at radius 2 is 2.36 bits per heavy atom. The molecule has 0 spiro atoms. The highest BCUT2D eigenvalue weighted by molar-refractivity contribution is 5.22. The zero-order valence-corrected chi connectivity index (χ0v) is 8.24. The molecule has 2 atom stereocenters. The second-order valence-corrected chi connectivity index (χ2v) is 4.37. The van der Waals surface area contributed by atoms with Gasteiger partial charge in [0.2, 0.25) is 0 Å². The highest BCUT2D eigenvalue weighted by Gasteiger charge is 2.30. The number of nitrogens with zero attached hydrogens (tertiary/aromatic N) is 2. The Morgan fingerprint density at radius 1 is 1.36 bits per heavy atom. The van der Waals surface area contributed by atoms with Crippen LogP contribution in [0.15, 0.2) is 12.5 Å². The van der Waals surface area contributed by atoms with E-state index in [9.17, 15) is 0 Å². The summed E-state index contributed by atoms with van der Waals surface area (Å²) < 4.78 is 0. The summed E-state index contributed by atoms with van der Waals surface area (Å²) in [7, 11) is 0. The lowest BCUT2D eigenvalue weighted by Crippen LogP contribution is -2.46. The number of aromatic nitrogens is 2. The number of nitrogens with one attached hydrogen (secondary N) is 1. The Morgan fingerprint density at radius 3 is 3.36 bits per heavy atom. The number of hydrogen-bond acceptors (Lipinski definition) is 3. The third-order valence-electron chi connectivity index (χ3n) is 3.50. The third-order valence-corrected chi connectivity index (χ3v) is 3.50. The Labute approximate surface area is 84.0 Å². The molecule has 1 aliphatic carbocycles. The van der Waals surface area contributed by atoms with E-state index in [1.807, 2.05) is 6.20 Å². The first kappa shape index (κ1) is 8.36. The second-order valence-electron chi connectivity index (χ2n) is 4.37. The molecule has 0 radical (unpaired) electrons. The molecular formula is C11H15N3. The topological polar surface area (TPSA) is 37.8 Å². The highest BCUT2D eigenvalue weighted by atomic mass is 14.9. The lowest BCUT2D eigenvalue weighted by atomic mass is 9.78. The second kappa shape index (κ2) is 3.31. The minimum absolute atomic E-state index is 0.683. The van der Waals surface area contributed by atoms with Crippen molar-refractivity contribution in [1.29, 1.82) is 0 Å². The van der Waals surface area contributed by atoms with Crippen LogP contribution >= 0.6 is 0 Å². The van der Waals surface area contributed by atoms with Crippen molar-refractivity contribution in [2.75, 3.05) is 6.54 Å². The summed E-state index contributed by atoms with van der Waals surface area (Å²) in [6, 6.07) is 0.683. The monoisotopic (exact) mass is 189 g/mol. The molecule has 3 nitrogen and oxygen atoms in total. The van der Waals surface area contributed by atoms with Crippen molar-refractivity contribution in [1.82, 2.24) is 15.3 Å². The number of hydrogen-bond donors (Lipinski definition) is 1. The smallest absolute Gasteiger partial charge is 0.115 e. The van der Waals surface area contributed by atoms with E-state index in [1.165, 1.54) is 30.6 Å². The van der Waals surface area contributed by atoms with Gasteiger partial charge in [0.15, 0.2) is 0 Å². The average Bonchev–Trinajstić information content (AvgIpc) is 2.26. The van der Waals surface area contributed by atoms with Crippen LogP contribution < -0.4 is 5.32 Å². The first-order valence-electron chi connectivity index (χ1n) is 5.44. The lowest BCUT2D eigenvalue weighted by molar-refractivity contribution is 0.260. The molecule has 2 heterocycles. The molecule has 0 aromatic carbocycles. The molecule has 3 heteroatoms. The van der Waals surface area contributed by atoms with E-state index in [0.29, 0.717) is 6.04 Å². The molecular weight excluding hydrogens is 174 g/mol. The molecule has 1 fully saturated rings.